The Labute approximate surface area is 139 Å². The van der Waals surface area contributed by atoms with Crippen molar-refractivity contribution >= 4 is 6.09 Å². The van der Waals surface area contributed by atoms with Gasteiger partial charge in [-0.05, 0) is 39.2 Å². The molecule has 0 bridgehead atoms. The highest BCUT2D eigenvalue weighted by Crippen LogP contribution is 2.39. The fourth-order valence-electron chi connectivity index (χ4n) is 3.33. The molecule has 4 heteroatoms. The van der Waals surface area contributed by atoms with Crippen molar-refractivity contribution in [3.8, 4) is 0 Å². The standard InChI is InChI=1S/C19H29NO3/c1-5-12-19(22,15-9-7-6-8-10-15)16-11-13-20(14-16)17(21)23-18(2,3)4/h6-10,16,22H,5,11-14H2,1-4H3. The highest BCUT2D eigenvalue weighted by molar-refractivity contribution is 5.68. The molecular weight excluding hydrogens is 290 g/mol. The second-order valence-electron chi connectivity index (χ2n) is 7.45. The van der Waals surface area contributed by atoms with E-state index in [-0.39, 0.29) is 12.0 Å². The molecule has 2 atom stereocenters. The molecule has 0 spiro atoms. The number of hydrogen-bond donors (Lipinski definition) is 1. The lowest BCUT2D eigenvalue weighted by Gasteiger charge is -2.34. The van der Waals surface area contributed by atoms with E-state index >= 15 is 0 Å². The summed E-state index contributed by atoms with van der Waals surface area (Å²) in [4.78, 5) is 14.0. The van der Waals surface area contributed by atoms with Gasteiger partial charge < -0.3 is 14.7 Å². The average Bonchev–Trinajstić information content (AvgIpc) is 2.97. The van der Waals surface area contributed by atoms with E-state index in [4.69, 9.17) is 4.74 Å². The predicted molar refractivity (Wildman–Crippen MR) is 91.2 cm³/mol. The number of nitrogens with zero attached hydrogens (tertiary/aromatic N) is 1. The number of benzene rings is 1. The molecule has 1 N–H and O–H groups in total. The highest BCUT2D eigenvalue weighted by Gasteiger charge is 2.43. The van der Waals surface area contributed by atoms with E-state index in [1.807, 2.05) is 51.1 Å². The Bertz CT molecular complexity index is 523. The molecule has 0 saturated carbocycles. The maximum Gasteiger partial charge on any atom is 0.410 e. The van der Waals surface area contributed by atoms with Gasteiger partial charge in [0.1, 0.15) is 5.60 Å². The van der Waals surface area contributed by atoms with E-state index in [9.17, 15) is 9.90 Å². The van der Waals surface area contributed by atoms with Gasteiger partial charge in [-0.2, -0.15) is 0 Å². The molecule has 0 aromatic heterocycles. The van der Waals surface area contributed by atoms with Gasteiger partial charge >= 0.3 is 6.09 Å². The number of carbonyl (C=O) groups is 1. The van der Waals surface area contributed by atoms with Crippen molar-refractivity contribution in [2.75, 3.05) is 13.1 Å². The van der Waals surface area contributed by atoms with E-state index in [0.29, 0.717) is 19.5 Å². The SMILES string of the molecule is CCCC(O)(c1ccccc1)C1CCN(C(=O)OC(C)(C)C)C1. The van der Waals surface area contributed by atoms with Crippen LogP contribution in [0.15, 0.2) is 30.3 Å². The quantitative estimate of drug-likeness (QED) is 0.914. The molecule has 2 unspecified atom stereocenters. The van der Waals surface area contributed by atoms with Gasteiger partial charge in [0.15, 0.2) is 0 Å². The molecular formula is C19H29NO3. The van der Waals surface area contributed by atoms with Crippen LogP contribution in [0.25, 0.3) is 0 Å². The Morgan fingerprint density at radius 1 is 1.30 bits per heavy atom. The van der Waals surface area contributed by atoms with Crippen molar-refractivity contribution in [2.45, 2.75) is 58.2 Å². The molecule has 4 nitrogen and oxygen atoms in total. The van der Waals surface area contributed by atoms with Crippen molar-refractivity contribution in [1.82, 2.24) is 4.90 Å². The predicted octanol–water partition coefficient (Wildman–Crippen LogP) is 3.93. The Kier molecular flexibility index (Phi) is 5.35. The molecule has 0 radical (unpaired) electrons. The van der Waals surface area contributed by atoms with Crippen LogP contribution in [0.3, 0.4) is 0 Å². The number of amides is 1. The minimum atomic E-state index is -0.882. The number of aliphatic hydroxyl groups is 1. The zero-order valence-corrected chi connectivity index (χ0v) is 14.7. The molecule has 2 rings (SSSR count). The summed E-state index contributed by atoms with van der Waals surface area (Å²) in [6.07, 6.45) is 2.11. The zero-order valence-electron chi connectivity index (χ0n) is 14.7. The first-order valence-corrected chi connectivity index (χ1v) is 8.52. The number of hydrogen-bond acceptors (Lipinski definition) is 3. The van der Waals surface area contributed by atoms with Gasteiger partial charge in [-0.15, -0.1) is 0 Å². The molecule has 1 aromatic carbocycles. The summed E-state index contributed by atoms with van der Waals surface area (Å²) in [5, 5.41) is 11.3. The smallest absolute Gasteiger partial charge is 0.410 e. The van der Waals surface area contributed by atoms with Crippen LogP contribution in [-0.2, 0) is 10.3 Å². The monoisotopic (exact) mass is 319 g/mol. The topological polar surface area (TPSA) is 49.8 Å². The Morgan fingerprint density at radius 2 is 1.96 bits per heavy atom. The fourth-order valence-corrected chi connectivity index (χ4v) is 3.33. The van der Waals surface area contributed by atoms with Crippen LogP contribution < -0.4 is 0 Å². The van der Waals surface area contributed by atoms with Crippen LogP contribution in [0.4, 0.5) is 4.79 Å². The summed E-state index contributed by atoms with van der Waals surface area (Å²) in [7, 11) is 0. The molecule has 1 heterocycles. The molecule has 0 aliphatic carbocycles. The highest BCUT2D eigenvalue weighted by atomic mass is 16.6. The van der Waals surface area contributed by atoms with Crippen LogP contribution >= 0.6 is 0 Å². The molecule has 23 heavy (non-hydrogen) atoms. The van der Waals surface area contributed by atoms with Gasteiger partial charge in [-0.25, -0.2) is 4.79 Å². The van der Waals surface area contributed by atoms with Gasteiger partial charge in [0.05, 0.1) is 5.60 Å². The Hall–Kier alpha value is -1.55. The number of likely N-dealkylation sites (tertiary alicyclic amines) is 1. The van der Waals surface area contributed by atoms with Gasteiger partial charge in [-0.1, -0.05) is 43.7 Å². The number of carbonyl (C=O) groups excluding carboxylic acids is 1. The summed E-state index contributed by atoms with van der Waals surface area (Å²) in [5.41, 5.74) is -0.431. The lowest BCUT2D eigenvalue weighted by atomic mass is 9.77. The van der Waals surface area contributed by atoms with Gasteiger partial charge in [0.25, 0.3) is 0 Å². The molecule has 1 saturated heterocycles. The van der Waals surface area contributed by atoms with Gasteiger partial charge in [0, 0.05) is 19.0 Å². The lowest BCUT2D eigenvalue weighted by molar-refractivity contribution is -0.0304. The van der Waals surface area contributed by atoms with E-state index < -0.39 is 11.2 Å². The van der Waals surface area contributed by atoms with Crippen LogP contribution in [0.1, 0.15) is 52.5 Å². The normalized spacial score (nSPS) is 21.1. The van der Waals surface area contributed by atoms with E-state index in [0.717, 1.165) is 18.4 Å². The lowest BCUT2D eigenvalue weighted by Crippen LogP contribution is -2.39. The summed E-state index contributed by atoms with van der Waals surface area (Å²) >= 11 is 0. The summed E-state index contributed by atoms with van der Waals surface area (Å²) in [5.74, 6) is 0.0392. The van der Waals surface area contributed by atoms with Crippen LogP contribution in [-0.4, -0.2) is 34.8 Å². The number of ether oxygens (including phenoxy) is 1. The Balaban J connectivity index is 2.12. The maximum atomic E-state index is 12.2. The molecule has 128 valence electrons. The van der Waals surface area contributed by atoms with E-state index in [1.54, 1.807) is 4.90 Å². The van der Waals surface area contributed by atoms with Crippen LogP contribution in [0, 0.1) is 5.92 Å². The van der Waals surface area contributed by atoms with Crippen molar-refractivity contribution < 1.29 is 14.6 Å². The third kappa shape index (κ3) is 4.25. The van der Waals surface area contributed by atoms with Crippen molar-refractivity contribution in [3.05, 3.63) is 35.9 Å². The first-order chi connectivity index (χ1) is 10.8. The third-order valence-corrected chi connectivity index (χ3v) is 4.42. The Morgan fingerprint density at radius 3 is 2.52 bits per heavy atom. The van der Waals surface area contributed by atoms with Crippen LogP contribution in [0.2, 0.25) is 0 Å². The van der Waals surface area contributed by atoms with Crippen molar-refractivity contribution in [1.29, 1.82) is 0 Å². The second kappa shape index (κ2) is 6.91. The molecule has 1 amide bonds. The first-order valence-electron chi connectivity index (χ1n) is 8.52. The minimum absolute atomic E-state index is 0.0392. The minimum Gasteiger partial charge on any atom is -0.444 e. The average molecular weight is 319 g/mol. The largest absolute Gasteiger partial charge is 0.444 e. The summed E-state index contributed by atoms with van der Waals surface area (Å²) in [6.45, 7) is 8.87. The zero-order chi connectivity index (χ0) is 17.1. The van der Waals surface area contributed by atoms with Gasteiger partial charge in [-0.3, -0.25) is 0 Å². The fraction of sp³-hybridized carbons (Fsp3) is 0.632. The van der Waals surface area contributed by atoms with E-state index in [2.05, 4.69) is 6.92 Å². The number of rotatable bonds is 4. The maximum absolute atomic E-state index is 12.2. The van der Waals surface area contributed by atoms with Crippen LogP contribution in [0.5, 0.6) is 0 Å². The van der Waals surface area contributed by atoms with Gasteiger partial charge in [0.2, 0.25) is 0 Å². The molecule has 1 aliphatic heterocycles. The molecule has 1 aliphatic rings. The summed E-state index contributed by atoms with van der Waals surface area (Å²) in [6, 6.07) is 9.82. The second-order valence-corrected chi connectivity index (χ2v) is 7.45. The molecule has 1 aromatic rings. The van der Waals surface area contributed by atoms with E-state index in [1.165, 1.54) is 0 Å². The summed E-state index contributed by atoms with van der Waals surface area (Å²) < 4.78 is 5.45. The van der Waals surface area contributed by atoms with Crippen molar-refractivity contribution in [2.24, 2.45) is 5.92 Å². The molecule has 1 fully saturated rings. The first kappa shape index (κ1) is 17.8. The van der Waals surface area contributed by atoms with Crippen molar-refractivity contribution in [3.63, 3.8) is 0 Å². The third-order valence-electron chi connectivity index (χ3n) is 4.42.